The molecule has 0 saturated carbocycles. The van der Waals surface area contributed by atoms with E-state index in [1.165, 1.54) is 0 Å². The van der Waals surface area contributed by atoms with E-state index >= 15 is 0 Å². The molecule has 1 aromatic heterocycles. The van der Waals surface area contributed by atoms with E-state index in [2.05, 4.69) is 20.8 Å². The molecule has 66 valence electrons. The van der Waals surface area contributed by atoms with Gasteiger partial charge in [-0.15, -0.1) is 0 Å². The van der Waals surface area contributed by atoms with Gasteiger partial charge in [0.05, 0.1) is 0 Å². The van der Waals surface area contributed by atoms with Crippen LogP contribution in [0, 0.1) is 0 Å². The molecule has 2 heterocycles. The largest absolute Gasteiger partial charge is 0.314 e. The molecule has 12 heavy (non-hydrogen) atoms. The van der Waals surface area contributed by atoms with Gasteiger partial charge in [0.15, 0.2) is 0 Å². The van der Waals surface area contributed by atoms with Crippen LogP contribution in [-0.2, 0) is 0 Å². The zero-order valence-electron chi connectivity index (χ0n) is 7.03. The summed E-state index contributed by atoms with van der Waals surface area (Å²) in [6, 6.07) is 3.65. The van der Waals surface area contributed by atoms with Gasteiger partial charge in [-0.1, -0.05) is 0 Å². The first kappa shape index (κ1) is 9.09. The summed E-state index contributed by atoms with van der Waals surface area (Å²) in [5.41, 5.74) is 0. The topological polar surface area (TPSA) is 49.8 Å². The van der Waals surface area contributed by atoms with Crippen LogP contribution in [-0.4, -0.2) is 36.4 Å². The standard InChI is InChI=1S/C4H10N2.C4H4N2/c1-2-6-4-3-5-1;1-2-4-6-5-3-1/h5-6H,1-4H2;1-4H. The lowest BCUT2D eigenvalue weighted by Gasteiger charge is -2.11. The highest BCUT2D eigenvalue weighted by Crippen LogP contribution is 1.68. The van der Waals surface area contributed by atoms with Crippen molar-refractivity contribution in [3.63, 3.8) is 0 Å². The van der Waals surface area contributed by atoms with Gasteiger partial charge in [0, 0.05) is 38.6 Å². The van der Waals surface area contributed by atoms with Crippen LogP contribution in [0.5, 0.6) is 0 Å². The maximum atomic E-state index is 3.53. The van der Waals surface area contributed by atoms with E-state index < -0.39 is 0 Å². The average Bonchev–Trinajstić information content (AvgIpc) is 2.24. The van der Waals surface area contributed by atoms with E-state index in [1.54, 1.807) is 12.4 Å². The van der Waals surface area contributed by atoms with Gasteiger partial charge in [0.2, 0.25) is 0 Å². The first-order valence-corrected chi connectivity index (χ1v) is 4.13. The lowest BCUT2D eigenvalue weighted by atomic mass is 10.4. The number of nitrogens with one attached hydrogen (secondary N) is 2. The van der Waals surface area contributed by atoms with Crippen molar-refractivity contribution >= 4 is 0 Å². The van der Waals surface area contributed by atoms with Gasteiger partial charge >= 0.3 is 0 Å². The molecule has 0 aliphatic carbocycles. The number of nitrogens with zero attached hydrogens (tertiary/aromatic N) is 2. The van der Waals surface area contributed by atoms with Crippen LogP contribution in [0.15, 0.2) is 24.5 Å². The van der Waals surface area contributed by atoms with Crippen LogP contribution in [0.25, 0.3) is 0 Å². The van der Waals surface area contributed by atoms with Gasteiger partial charge in [-0.3, -0.25) is 0 Å². The SMILES string of the molecule is C1CNCCN1.c1ccnnc1. The van der Waals surface area contributed by atoms with E-state index in [4.69, 9.17) is 0 Å². The Kier molecular flexibility index (Phi) is 5.07. The Morgan fingerprint density at radius 1 is 0.750 bits per heavy atom. The lowest BCUT2D eigenvalue weighted by Crippen LogP contribution is -2.39. The summed E-state index contributed by atoms with van der Waals surface area (Å²) in [6.07, 6.45) is 3.28. The second-order valence-electron chi connectivity index (χ2n) is 2.41. The van der Waals surface area contributed by atoms with Crippen molar-refractivity contribution in [1.29, 1.82) is 0 Å². The highest BCUT2D eigenvalue weighted by atomic mass is 15.1. The maximum absolute atomic E-state index is 3.53. The quantitative estimate of drug-likeness (QED) is 0.553. The van der Waals surface area contributed by atoms with Crippen LogP contribution in [0.4, 0.5) is 0 Å². The van der Waals surface area contributed by atoms with Gasteiger partial charge in [0.25, 0.3) is 0 Å². The summed E-state index contributed by atoms with van der Waals surface area (Å²) in [4.78, 5) is 0. The molecule has 1 fully saturated rings. The van der Waals surface area contributed by atoms with Gasteiger partial charge in [0.1, 0.15) is 0 Å². The Morgan fingerprint density at radius 3 is 1.33 bits per heavy atom. The highest BCUT2D eigenvalue weighted by Gasteiger charge is 1.91. The van der Waals surface area contributed by atoms with Crippen molar-refractivity contribution in [1.82, 2.24) is 20.8 Å². The fourth-order valence-electron chi connectivity index (χ4n) is 0.857. The molecule has 0 spiro atoms. The third kappa shape index (κ3) is 4.76. The molecular formula is C8H14N4. The molecular weight excluding hydrogens is 152 g/mol. The molecule has 0 atom stereocenters. The second-order valence-corrected chi connectivity index (χ2v) is 2.41. The first-order chi connectivity index (χ1) is 6.00. The fraction of sp³-hybridized carbons (Fsp3) is 0.500. The summed E-state index contributed by atoms with van der Waals surface area (Å²) in [7, 11) is 0. The zero-order valence-corrected chi connectivity index (χ0v) is 7.03. The van der Waals surface area contributed by atoms with Gasteiger partial charge < -0.3 is 10.6 Å². The van der Waals surface area contributed by atoms with Crippen molar-refractivity contribution in [3.8, 4) is 0 Å². The monoisotopic (exact) mass is 166 g/mol. The first-order valence-electron chi connectivity index (χ1n) is 4.13. The van der Waals surface area contributed by atoms with E-state index in [-0.39, 0.29) is 0 Å². The number of rotatable bonds is 0. The molecule has 4 nitrogen and oxygen atoms in total. The summed E-state index contributed by atoms with van der Waals surface area (Å²) < 4.78 is 0. The maximum Gasteiger partial charge on any atom is 0.0496 e. The molecule has 0 amide bonds. The molecule has 4 heteroatoms. The predicted molar refractivity (Wildman–Crippen MR) is 47.8 cm³/mol. The van der Waals surface area contributed by atoms with Crippen LogP contribution >= 0.6 is 0 Å². The van der Waals surface area contributed by atoms with Gasteiger partial charge in [-0.05, 0) is 12.1 Å². The minimum absolute atomic E-state index is 1.14. The highest BCUT2D eigenvalue weighted by molar-refractivity contribution is 4.79. The Morgan fingerprint density at radius 2 is 1.17 bits per heavy atom. The summed E-state index contributed by atoms with van der Waals surface area (Å²) in [5.74, 6) is 0. The van der Waals surface area contributed by atoms with Crippen molar-refractivity contribution < 1.29 is 0 Å². The number of aromatic nitrogens is 2. The smallest absolute Gasteiger partial charge is 0.0496 e. The van der Waals surface area contributed by atoms with E-state index in [1.807, 2.05) is 12.1 Å². The normalized spacial score (nSPS) is 16.0. The summed E-state index contributed by atoms with van der Waals surface area (Å²) in [5, 5.41) is 13.5. The Labute approximate surface area is 72.4 Å². The number of hydrogen-bond donors (Lipinski definition) is 2. The summed E-state index contributed by atoms with van der Waals surface area (Å²) in [6.45, 7) is 4.56. The Hall–Kier alpha value is -1.00. The molecule has 0 aromatic carbocycles. The Bertz CT molecular complexity index is 135. The van der Waals surface area contributed by atoms with Crippen LogP contribution in [0.1, 0.15) is 0 Å². The number of hydrogen-bond acceptors (Lipinski definition) is 4. The van der Waals surface area contributed by atoms with E-state index in [9.17, 15) is 0 Å². The molecule has 1 aliphatic rings. The second kappa shape index (κ2) is 6.69. The minimum Gasteiger partial charge on any atom is -0.314 e. The molecule has 0 unspecified atom stereocenters. The van der Waals surface area contributed by atoms with Crippen LogP contribution in [0.2, 0.25) is 0 Å². The molecule has 2 rings (SSSR count). The van der Waals surface area contributed by atoms with Crippen molar-refractivity contribution in [2.24, 2.45) is 0 Å². The van der Waals surface area contributed by atoms with Crippen LogP contribution < -0.4 is 10.6 Å². The molecule has 0 bridgehead atoms. The average molecular weight is 166 g/mol. The van der Waals surface area contributed by atoms with Crippen molar-refractivity contribution in [3.05, 3.63) is 24.5 Å². The van der Waals surface area contributed by atoms with E-state index in [0.29, 0.717) is 0 Å². The van der Waals surface area contributed by atoms with Gasteiger partial charge in [-0.2, -0.15) is 10.2 Å². The fourth-order valence-corrected chi connectivity index (χ4v) is 0.857. The molecule has 1 aliphatic heterocycles. The Balaban J connectivity index is 0.000000120. The predicted octanol–water partition coefficient (Wildman–Crippen LogP) is -0.344. The summed E-state index contributed by atoms with van der Waals surface area (Å²) >= 11 is 0. The zero-order chi connectivity index (χ0) is 8.49. The van der Waals surface area contributed by atoms with Crippen LogP contribution in [0.3, 0.4) is 0 Å². The molecule has 1 aromatic rings. The molecule has 2 N–H and O–H groups in total. The van der Waals surface area contributed by atoms with Gasteiger partial charge in [-0.25, -0.2) is 0 Å². The molecule has 1 saturated heterocycles. The van der Waals surface area contributed by atoms with Crippen molar-refractivity contribution in [2.45, 2.75) is 0 Å². The van der Waals surface area contributed by atoms with Crippen molar-refractivity contribution in [2.75, 3.05) is 26.2 Å². The lowest BCUT2D eigenvalue weighted by molar-refractivity contribution is 0.534. The molecule has 0 radical (unpaired) electrons. The minimum atomic E-state index is 1.14. The van der Waals surface area contributed by atoms with E-state index in [0.717, 1.165) is 26.2 Å². The number of piperazine rings is 1. The third-order valence-electron chi connectivity index (χ3n) is 1.44. The third-order valence-corrected chi connectivity index (χ3v) is 1.44.